The van der Waals surface area contributed by atoms with Crippen LogP contribution in [0.2, 0.25) is 0 Å². The van der Waals surface area contributed by atoms with Crippen LogP contribution < -0.4 is 5.56 Å². The van der Waals surface area contributed by atoms with Crippen LogP contribution in [0.15, 0.2) is 23.0 Å². The Hall–Kier alpha value is -2.62. The molecule has 9 heteroatoms. The third kappa shape index (κ3) is 4.92. The van der Waals surface area contributed by atoms with E-state index < -0.39 is 0 Å². The van der Waals surface area contributed by atoms with Gasteiger partial charge < -0.3 is 14.8 Å². The first-order chi connectivity index (χ1) is 14.4. The van der Waals surface area contributed by atoms with Crippen LogP contribution in [-0.2, 0) is 17.8 Å². The maximum atomic E-state index is 12.8. The van der Waals surface area contributed by atoms with E-state index in [1.807, 2.05) is 26.8 Å². The van der Waals surface area contributed by atoms with Gasteiger partial charge in [0.2, 0.25) is 0 Å². The van der Waals surface area contributed by atoms with Crippen molar-refractivity contribution in [3.63, 3.8) is 0 Å². The molecule has 0 aliphatic carbocycles. The van der Waals surface area contributed by atoms with Crippen molar-refractivity contribution in [1.29, 1.82) is 0 Å². The van der Waals surface area contributed by atoms with Gasteiger partial charge in [-0.15, -0.1) is 5.10 Å². The van der Waals surface area contributed by atoms with Crippen molar-refractivity contribution < 1.29 is 9.84 Å². The van der Waals surface area contributed by atoms with E-state index in [1.54, 1.807) is 11.8 Å². The first-order valence-electron chi connectivity index (χ1n) is 10.2. The Balaban J connectivity index is 1.92. The zero-order chi connectivity index (χ0) is 21.7. The number of hydrogen-bond donors (Lipinski definition) is 2. The molecule has 0 fully saturated rings. The quantitative estimate of drug-likeness (QED) is 0.520. The number of aliphatic hydroxyl groups excluding tert-OH is 1. The Morgan fingerprint density at radius 2 is 2.10 bits per heavy atom. The summed E-state index contributed by atoms with van der Waals surface area (Å²) in [6, 6.07) is 5.96. The molecule has 1 atom stereocenters. The highest BCUT2D eigenvalue weighted by Gasteiger charge is 2.23. The summed E-state index contributed by atoms with van der Waals surface area (Å²) >= 11 is 0. The zero-order valence-corrected chi connectivity index (χ0v) is 18.1. The molecule has 3 rings (SSSR count). The predicted molar refractivity (Wildman–Crippen MR) is 114 cm³/mol. The van der Waals surface area contributed by atoms with Gasteiger partial charge in [-0.2, -0.15) is 0 Å². The standard InChI is InChI=1S/C21H30N6O3/c1-14-10-15(2)19-17(11-14)12-18(21(29)22-19)13-26(6-5-8-28)16(3)20-23-24-25-27(20)7-9-30-4/h10-12,16,28H,5-9,13H2,1-4H3,(H,22,29)/t16-/m1/s1. The van der Waals surface area contributed by atoms with Crippen LogP contribution in [0.5, 0.6) is 0 Å². The number of methoxy groups -OCH3 is 1. The number of nitrogens with one attached hydrogen (secondary N) is 1. The fourth-order valence-electron chi connectivity index (χ4n) is 3.76. The molecule has 0 saturated heterocycles. The Bertz CT molecular complexity index is 1040. The molecule has 0 saturated carbocycles. The molecule has 9 nitrogen and oxygen atoms in total. The van der Waals surface area contributed by atoms with Crippen molar-refractivity contribution in [3.05, 3.63) is 51.1 Å². The number of ether oxygens (including phenoxy) is 1. The number of aliphatic hydroxyl groups is 1. The number of aryl methyl sites for hydroxylation is 2. The summed E-state index contributed by atoms with van der Waals surface area (Å²) < 4.78 is 6.86. The molecule has 0 aliphatic rings. The minimum absolute atomic E-state index is 0.0737. The van der Waals surface area contributed by atoms with Gasteiger partial charge >= 0.3 is 0 Å². The number of fused-ring (bicyclic) bond motifs is 1. The van der Waals surface area contributed by atoms with Crippen LogP contribution in [0.3, 0.4) is 0 Å². The van der Waals surface area contributed by atoms with Crippen LogP contribution in [0.1, 0.15) is 41.9 Å². The summed E-state index contributed by atoms with van der Waals surface area (Å²) in [6.07, 6.45) is 0.591. The molecule has 0 unspecified atom stereocenters. The van der Waals surface area contributed by atoms with E-state index >= 15 is 0 Å². The number of aromatic amines is 1. The molecule has 0 amide bonds. The first kappa shape index (κ1) is 22.1. The molecule has 0 aliphatic heterocycles. The number of rotatable bonds is 10. The summed E-state index contributed by atoms with van der Waals surface area (Å²) in [5.41, 5.74) is 3.65. The first-order valence-corrected chi connectivity index (χ1v) is 10.2. The number of pyridine rings is 1. The van der Waals surface area contributed by atoms with Gasteiger partial charge in [0.25, 0.3) is 5.56 Å². The number of H-pyrrole nitrogens is 1. The molecular weight excluding hydrogens is 384 g/mol. The monoisotopic (exact) mass is 414 g/mol. The average Bonchev–Trinajstić information content (AvgIpc) is 3.18. The van der Waals surface area contributed by atoms with E-state index in [4.69, 9.17) is 4.74 Å². The van der Waals surface area contributed by atoms with Crippen LogP contribution in [0.4, 0.5) is 0 Å². The largest absolute Gasteiger partial charge is 0.396 e. The smallest absolute Gasteiger partial charge is 0.252 e. The van der Waals surface area contributed by atoms with Gasteiger partial charge in [-0.1, -0.05) is 11.6 Å². The number of nitrogens with zero attached hydrogens (tertiary/aromatic N) is 5. The predicted octanol–water partition coefficient (Wildman–Crippen LogP) is 1.72. The molecule has 2 N–H and O–H groups in total. The Labute approximate surface area is 175 Å². The van der Waals surface area contributed by atoms with Gasteiger partial charge in [0.15, 0.2) is 5.82 Å². The maximum absolute atomic E-state index is 12.8. The number of hydrogen-bond acceptors (Lipinski definition) is 7. The fourth-order valence-corrected chi connectivity index (χ4v) is 3.76. The summed E-state index contributed by atoms with van der Waals surface area (Å²) in [6.45, 7) is 8.22. The fraction of sp³-hybridized carbons (Fsp3) is 0.524. The van der Waals surface area contributed by atoms with Crippen molar-refractivity contribution in [2.75, 3.05) is 26.9 Å². The second kappa shape index (κ2) is 9.92. The van der Waals surface area contributed by atoms with Gasteiger partial charge in [-0.05, 0) is 60.7 Å². The molecule has 2 aromatic heterocycles. The van der Waals surface area contributed by atoms with Gasteiger partial charge in [-0.25, -0.2) is 4.68 Å². The second-order valence-corrected chi connectivity index (χ2v) is 7.65. The third-order valence-electron chi connectivity index (χ3n) is 5.34. The lowest BCUT2D eigenvalue weighted by Crippen LogP contribution is -2.32. The highest BCUT2D eigenvalue weighted by atomic mass is 16.5. The number of benzene rings is 1. The zero-order valence-electron chi connectivity index (χ0n) is 18.1. The van der Waals surface area contributed by atoms with E-state index in [0.717, 1.165) is 22.0 Å². The van der Waals surface area contributed by atoms with E-state index in [-0.39, 0.29) is 18.2 Å². The second-order valence-electron chi connectivity index (χ2n) is 7.65. The topological polar surface area (TPSA) is 109 Å². The summed E-state index contributed by atoms with van der Waals surface area (Å²) in [5, 5.41) is 22.4. The number of tetrazole rings is 1. The molecular formula is C21H30N6O3. The van der Waals surface area contributed by atoms with Crippen LogP contribution >= 0.6 is 0 Å². The molecule has 0 spiro atoms. The van der Waals surface area contributed by atoms with Crippen molar-refractivity contribution in [1.82, 2.24) is 30.1 Å². The van der Waals surface area contributed by atoms with Crippen molar-refractivity contribution in [3.8, 4) is 0 Å². The molecule has 1 aromatic carbocycles. The maximum Gasteiger partial charge on any atom is 0.252 e. The Morgan fingerprint density at radius 3 is 2.83 bits per heavy atom. The minimum atomic E-state index is -0.141. The Kier molecular flexibility index (Phi) is 7.30. The van der Waals surface area contributed by atoms with Gasteiger partial charge in [-0.3, -0.25) is 9.69 Å². The molecule has 30 heavy (non-hydrogen) atoms. The lowest BCUT2D eigenvalue weighted by Gasteiger charge is -2.28. The summed E-state index contributed by atoms with van der Waals surface area (Å²) in [5.74, 6) is 0.703. The minimum Gasteiger partial charge on any atom is -0.396 e. The van der Waals surface area contributed by atoms with Crippen molar-refractivity contribution in [2.24, 2.45) is 0 Å². The molecule has 2 heterocycles. The molecule has 162 valence electrons. The van der Waals surface area contributed by atoms with Crippen molar-refractivity contribution in [2.45, 2.75) is 46.3 Å². The van der Waals surface area contributed by atoms with Gasteiger partial charge in [0, 0.05) is 32.4 Å². The van der Waals surface area contributed by atoms with Crippen LogP contribution in [0, 0.1) is 13.8 Å². The van der Waals surface area contributed by atoms with E-state index in [1.165, 1.54) is 0 Å². The molecule has 0 bridgehead atoms. The van der Waals surface area contributed by atoms with Gasteiger partial charge in [0.1, 0.15) is 0 Å². The van der Waals surface area contributed by atoms with Gasteiger partial charge in [0.05, 0.1) is 24.7 Å². The normalized spacial score (nSPS) is 12.7. The van der Waals surface area contributed by atoms with E-state index in [2.05, 4.69) is 37.5 Å². The van der Waals surface area contributed by atoms with E-state index in [9.17, 15) is 9.90 Å². The lowest BCUT2D eigenvalue weighted by atomic mass is 10.0. The number of aromatic nitrogens is 5. The Morgan fingerprint density at radius 1 is 1.30 bits per heavy atom. The van der Waals surface area contributed by atoms with Crippen LogP contribution in [0.25, 0.3) is 10.9 Å². The molecule has 3 aromatic rings. The van der Waals surface area contributed by atoms with E-state index in [0.29, 0.717) is 44.0 Å². The highest BCUT2D eigenvalue weighted by molar-refractivity contribution is 5.82. The average molecular weight is 415 g/mol. The molecule has 0 radical (unpaired) electrons. The lowest BCUT2D eigenvalue weighted by molar-refractivity contribution is 0.156. The summed E-state index contributed by atoms with van der Waals surface area (Å²) in [7, 11) is 1.64. The highest BCUT2D eigenvalue weighted by Crippen LogP contribution is 2.22. The van der Waals surface area contributed by atoms with Crippen LogP contribution in [-0.4, -0.2) is 62.1 Å². The van der Waals surface area contributed by atoms with Crippen molar-refractivity contribution >= 4 is 10.9 Å². The third-order valence-corrected chi connectivity index (χ3v) is 5.34. The summed E-state index contributed by atoms with van der Waals surface area (Å²) in [4.78, 5) is 18.0. The SMILES string of the molecule is COCCn1nnnc1[C@@H](C)N(CCCO)Cc1cc2cc(C)cc(C)c2[nH]c1=O.